The van der Waals surface area contributed by atoms with Gasteiger partial charge in [0.15, 0.2) is 0 Å². The summed E-state index contributed by atoms with van der Waals surface area (Å²) in [5.41, 5.74) is 0. The Morgan fingerprint density at radius 2 is 2.57 bits per heavy atom. The van der Waals surface area contributed by atoms with Gasteiger partial charge < -0.3 is 4.74 Å². The van der Waals surface area contributed by atoms with Gasteiger partial charge in [-0.15, -0.1) is 6.58 Å². The second-order valence-corrected chi connectivity index (χ2v) is 1.97. The molecule has 0 aromatic heterocycles. The van der Waals surface area contributed by atoms with E-state index in [2.05, 4.69) is 13.5 Å². The molecule has 0 aliphatic carbocycles. The zero-order valence-electron chi connectivity index (χ0n) is 4.55. The first-order valence-corrected chi connectivity index (χ1v) is 2.58. The van der Waals surface area contributed by atoms with Crippen molar-refractivity contribution < 1.29 is 4.74 Å². The summed E-state index contributed by atoms with van der Waals surface area (Å²) in [4.78, 5) is 0. The fraction of sp³-hybridized carbons (Fsp3) is 0.667. The molecule has 1 fully saturated rings. The van der Waals surface area contributed by atoms with Crippen molar-refractivity contribution in [2.75, 3.05) is 6.61 Å². The van der Waals surface area contributed by atoms with Crippen LogP contribution in [0.4, 0.5) is 0 Å². The Hall–Kier alpha value is -0.300. The molecule has 2 atom stereocenters. The number of hydrogen-bond donors (Lipinski definition) is 0. The van der Waals surface area contributed by atoms with E-state index in [1.165, 1.54) is 0 Å². The average molecular weight is 98.1 g/mol. The van der Waals surface area contributed by atoms with E-state index < -0.39 is 0 Å². The van der Waals surface area contributed by atoms with E-state index in [0.717, 1.165) is 6.61 Å². The Labute approximate surface area is 44.0 Å². The van der Waals surface area contributed by atoms with Crippen LogP contribution in [0.1, 0.15) is 6.92 Å². The molecule has 1 nitrogen and oxygen atoms in total. The lowest BCUT2D eigenvalue weighted by Crippen LogP contribution is -1.96. The fourth-order valence-corrected chi connectivity index (χ4v) is 0.511. The highest BCUT2D eigenvalue weighted by Crippen LogP contribution is 2.19. The molecule has 0 aromatic rings. The van der Waals surface area contributed by atoms with Crippen molar-refractivity contribution in [3.05, 3.63) is 12.7 Å². The SMILES string of the molecule is C=C[C@@H](C)[C@@H]1CO1. The minimum Gasteiger partial charge on any atom is -0.373 e. The summed E-state index contributed by atoms with van der Waals surface area (Å²) in [5.74, 6) is 0.556. The lowest BCUT2D eigenvalue weighted by atomic mass is 10.1. The van der Waals surface area contributed by atoms with Crippen molar-refractivity contribution in [1.82, 2.24) is 0 Å². The zero-order chi connectivity index (χ0) is 5.28. The lowest BCUT2D eigenvalue weighted by molar-refractivity contribution is 0.371. The molecule has 7 heavy (non-hydrogen) atoms. The molecule has 1 aliphatic heterocycles. The summed E-state index contributed by atoms with van der Waals surface area (Å²) >= 11 is 0. The highest BCUT2D eigenvalue weighted by atomic mass is 16.6. The Morgan fingerprint density at radius 1 is 2.00 bits per heavy atom. The molecule has 1 rings (SSSR count). The van der Waals surface area contributed by atoms with Crippen molar-refractivity contribution in [3.63, 3.8) is 0 Å². The van der Waals surface area contributed by atoms with E-state index in [9.17, 15) is 0 Å². The number of ether oxygens (including phenoxy) is 1. The molecule has 1 heteroatoms. The van der Waals surface area contributed by atoms with Gasteiger partial charge in [-0.1, -0.05) is 13.0 Å². The van der Waals surface area contributed by atoms with Crippen LogP contribution in [0.15, 0.2) is 12.7 Å². The second kappa shape index (κ2) is 1.66. The Balaban J connectivity index is 2.22. The summed E-state index contributed by atoms with van der Waals surface area (Å²) in [6, 6.07) is 0. The summed E-state index contributed by atoms with van der Waals surface area (Å²) in [6.45, 7) is 6.70. The zero-order valence-corrected chi connectivity index (χ0v) is 4.55. The Morgan fingerprint density at radius 3 is 2.71 bits per heavy atom. The summed E-state index contributed by atoms with van der Waals surface area (Å²) in [7, 11) is 0. The molecule has 0 saturated carbocycles. The van der Waals surface area contributed by atoms with Gasteiger partial charge in [-0.2, -0.15) is 0 Å². The summed E-state index contributed by atoms with van der Waals surface area (Å²) in [6.07, 6.45) is 2.43. The van der Waals surface area contributed by atoms with Crippen LogP contribution >= 0.6 is 0 Å². The smallest absolute Gasteiger partial charge is 0.0869 e. The van der Waals surface area contributed by atoms with E-state index in [1.807, 2.05) is 6.08 Å². The third-order valence-electron chi connectivity index (χ3n) is 1.32. The fourth-order valence-electron chi connectivity index (χ4n) is 0.511. The largest absolute Gasteiger partial charge is 0.373 e. The van der Waals surface area contributed by atoms with Gasteiger partial charge in [-0.05, 0) is 0 Å². The number of epoxide rings is 1. The maximum Gasteiger partial charge on any atom is 0.0869 e. The first-order valence-electron chi connectivity index (χ1n) is 2.58. The van der Waals surface area contributed by atoms with Crippen molar-refractivity contribution >= 4 is 0 Å². The molecule has 0 amide bonds. The molecule has 1 aliphatic rings. The van der Waals surface area contributed by atoms with Gasteiger partial charge >= 0.3 is 0 Å². The molecule has 1 heterocycles. The van der Waals surface area contributed by atoms with Crippen molar-refractivity contribution in [2.45, 2.75) is 13.0 Å². The van der Waals surface area contributed by atoms with Gasteiger partial charge in [0.1, 0.15) is 0 Å². The number of hydrogen-bond acceptors (Lipinski definition) is 1. The maximum absolute atomic E-state index is 4.99. The van der Waals surface area contributed by atoms with E-state index in [-0.39, 0.29) is 0 Å². The van der Waals surface area contributed by atoms with Crippen LogP contribution in [0.2, 0.25) is 0 Å². The van der Waals surface area contributed by atoms with Crippen LogP contribution in [-0.2, 0) is 4.74 Å². The molecule has 1 saturated heterocycles. The van der Waals surface area contributed by atoms with Crippen LogP contribution < -0.4 is 0 Å². The van der Waals surface area contributed by atoms with Crippen LogP contribution in [0.5, 0.6) is 0 Å². The molecule has 0 spiro atoms. The van der Waals surface area contributed by atoms with Crippen molar-refractivity contribution in [3.8, 4) is 0 Å². The van der Waals surface area contributed by atoms with Gasteiger partial charge in [0, 0.05) is 5.92 Å². The van der Waals surface area contributed by atoms with Crippen LogP contribution in [0.3, 0.4) is 0 Å². The normalized spacial score (nSPS) is 31.9. The molecule has 0 N–H and O–H groups in total. The number of rotatable bonds is 2. The quantitative estimate of drug-likeness (QED) is 0.373. The molecule has 40 valence electrons. The maximum atomic E-state index is 4.99. The van der Waals surface area contributed by atoms with Crippen LogP contribution in [-0.4, -0.2) is 12.7 Å². The topological polar surface area (TPSA) is 12.5 Å². The highest BCUT2D eigenvalue weighted by molar-refractivity contribution is 4.87. The molecule has 0 bridgehead atoms. The van der Waals surface area contributed by atoms with Gasteiger partial charge in [-0.3, -0.25) is 0 Å². The summed E-state index contributed by atoms with van der Waals surface area (Å²) < 4.78 is 4.99. The van der Waals surface area contributed by atoms with Crippen LogP contribution in [0, 0.1) is 5.92 Å². The van der Waals surface area contributed by atoms with Gasteiger partial charge in [0.25, 0.3) is 0 Å². The third kappa shape index (κ3) is 1.03. The van der Waals surface area contributed by atoms with Crippen molar-refractivity contribution in [2.24, 2.45) is 5.92 Å². The second-order valence-electron chi connectivity index (χ2n) is 1.97. The molecule has 0 unspecified atom stereocenters. The Kier molecular flexibility index (Phi) is 1.15. The first kappa shape index (κ1) is 4.85. The molecule has 0 aromatic carbocycles. The highest BCUT2D eigenvalue weighted by Gasteiger charge is 2.26. The molecule has 0 radical (unpaired) electrons. The average Bonchev–Trinajstić information content (AvgIpc) is 2.44. The van der Waals surface area contributed by atoms with Gasteiger partial charge in [0.2, 0.25) is 0 Å². The minimum absolute atomic E-state index is 0.498. The lowest BCUT2D eigenvalue weighted by Gasteiger charge is -1.94. The van der Waals surface area contributed by atoms with E-state index in [1.54, 1.807) is 0 Å². The monoisotopic (exact) mass is 98.1 g/mol. The van der Waals surface area contributed by atoms with E-state index >= 15 is 0 Å². The summed E-state index contributed by atoms with van der Waals surface area (Å²) in [5, 5.41) is 0. The molecular weight excluding hydrogens is 88.1 g/mol. The van der Waals surface area contributed by atoms with Gasteiger partial charge in [-0.25, -0.2) is 0 Å². The van der Waals surface area contributed by atoms with Crippen molar-refractivity contribution in [1.29, 1.82) is 0 Å². The van der Waals surface area contributed by atoms with E-state index in [4.69, 9.17) is 4.74 Å². The predicted molar refractivity (Wildman–Crippen MR) is 29.1 cm³/mol. The molecular formula is C6H10O. The van der Waals surface area contributed by atoms with E-state index in [0.29, 0.717) is 12.0 Å². The minimum atomic E-state index is 0.498. The standard InChI is InChI=1S/C6H10O/c1-3-5(2)6-4-7-6/h3,5-6H,1,4H2,2H3/t5-,6+/m1/s1. The Bertz CT molecular complexity index is 74.2. The van der Waals surface area contributed by atoms with Crippen LogP contribution in [0.25, 0.3) is 0 Å². The predicted octanol–water partition coefficient (Wildman–Crippen LogP) is 1.21. The first-order chi connectivity index (χ1) is 3.34. The third-order valence-corrected chi connectivity index (χ3v) is 1.32. The van der Waals surface area contributed by atoms with Gasteiger partial charge in [0.05, 0.1) is 12.7 Å².